The largest absolute Gasteiger partial charge is 0.365 e. The van der Waals surface area contributed by atoms with Crippen molar-refractivity contribution in [1.29, 1.82) is 0 Å². The Balaban J connectivity index is 2.22. The van der Waals surface area contributed by atoms with Crippen molar-refractivity contribution in [3.63, 3.8) is 0 Å². The summed E-state index contributed by atoms with van der Waals surface area (Å²) in [6, 6.07) is 8.01. The topological polar surface area (TPSA) is 32.6 Å². The minimum atomic E-state index is -0.929. The fourth-order valence-corrected chi connectivity index (χ4v) is 3.07. The Kier molecular flexibility index (Phi) is 1.38. The molecule has 0 radical (unpaired) electrons. The van der Waals surface area contributed by atoms with Crippen LogP contribution in [0.2, 0.25) is 0 Å². The van der Waals surface area contributed by atoms with Crippen molar-refractivity contribution in [3.8, 4) is 0 Å². The molecule has 1 aromatic rings. The van der Waals surface area contributed by atoms with E-state index in [1.807, 2.05) is 18.2 Å². The average molecular weight is 191 g/mol. The van der Waals surface area contributed by atoms with Crippen molar-refractivity contribution in [3.05, 3.63) is 35.4 Å². The van der Waals surface area contributed by atoms with Crippen molar-refractivity contribution in [2.24, 2.45) is 4.99 Å². The molecule has 0 bridgehead atoms. The first kappa shape index (κ1) is 7.59. The molecule has 2 atom stereocenters. The van der Waals surface area contributed by atoms with Gasteiger partial charge in [0.2, 0.25) is 0 Å². The number of aliphatic hydroxyl groups is 1. The monoisotopic (exact) mass is 191 g/mol. The summed E-state index contributed by atoms with van der Waals surface area (Å²) in [4.78, 5) is 4.16. The molecule has 66 valence electrons. The van der Waals surface area contributed by atoms with Crippen molar-refractivity contribution < 1.29 is 5.11 Å². The van der Waals surface area contributed by atoms with E-state index in [0.29, 0.717) is 0 Å². The number of hydrogen-bond acceptors (Lipinski definition) is 3. The Morgan fingerprint density at radius 1 is 1.46 bits per heavy atom. The predicted molar refractivity (Wildman–Crippen MR) is 53.9 cm³/mol. The molecule has 2 unspecified atom stereocenters. The van der Waals surface area contributed by atoms with Gasteiger partial charge in [0, 0.05) is 5.56 Å². The van der Waals surface area contributed by atoms with E-state index in [-0.39, 0.29) is 5.25 Å². The lowest BCUT2D eigenvalue weighted by Crippen LogP contribution is -2.27. The van der Waals surface area contributed by atoms with Crippen LogP contribution in [0.1, 0.15) is 11.1 Å². The van der Waals surface area contributed by atoms with Gasteiger partial charge >= 0.3 is 0 Å². The lowest BCUT2D eigenvalue weighted by Gasteiger charge is -2.19. The molecule has 1 heterocycles. The minimum absolute atomic E-state index is 0.199. The van der Waals surface area contributed by atoms with Gasteiger partial charge in [-0.05, 0) is 12.0 Å². The third-order valence-corrected chi connectivity index (χ3v) is 3.79. The van der Waals surface area contributed by atoms with Gasteiger partial charge in [0.25, 0.3) is 0 Å². The van der Waals surface area contributed by atoms with Crippen molar-refractivity contribution in [1.82, 2.24) is 0 Å². The zero-order valence-corrected chi connectivity index (χ0v) is 7.79. The van der Waals surface area contributed by atoms with Crippen molar-refractivity contribution in [2.45, 2.75) is 17.4 Å². The summed E-state index contributed by atoms with van der Waals surface area (Å²) in [6.45, 7) is 0. The van der Waals surface area contributed by atoms with Crippen molar-refractivity contribution in [2.75, 3.05) is 0 Å². The van der Waals surface area contributed by atoms with Crippen LogP contribution in [-0.2, 0) is 12.1 Å². The van der Waals surface area contributed by atoms with Gasteiger partial charge in [-0.3, -0.25) is 0 Å². The highest BCUT2D eigenvalue weighted by molar-refractivity contribution is 8.13. The van der Waals surface area contributed by atoms with Crippen LogP contribution < -0.4 is 0 Å². The predicted octanol–water partition coefficient (Wildman–Crippen LogP) is 1.53. The number of nitrogens with zero attached hydrogens (tertiary/aromatic N) is 1. The summed E-state index contributed by atoms with van der Waals surface area (Å²) in [6.07, 6.45) is 0.928. The first-order valence-corrected chi connectivity index (χ1v) is 5.25. The van der Waals surface area contributed by atoms with Crippen LogP contribution in [0.5, 0.6) is 0 Å². The van der Waals surface area contributed by atoms with E-state index in [1.165, 1.54) is 5.56 Å². The lowest BCUT2D eigenvalue weighted by molar-refractivity contribution is 0.0583. The fourth-order valence-electron chi connectivity index (χ4n) is 2.05. The molecular formula is C10H9NOS. The van der Waals surface area contributed by atoms with Crippen molar-refractivity contribution >= 4 is 17.3 Å². The summed E-state index contributed by atoms with van der Waals surface area (Å²) >= 11 is 1.63. The number of aliphatic imine (C=N–C) groups is 1. The maximum absolute atomic E-state index is 10.3. The molecule has 3 heteroatoms. The van der Waals surface area contributed by atoms with Gasteiger partial charge in [0.05, 0.1) is 10.8 Å². The van der Waals surface area contributed by atoms with Gasteiger partial charge in [-0.15, -0.1) is 11.8 Å². The molecule has 0 saturated heterocycles. The molecule has 0 amide bonds. The van der Waals surface area contributed by atoms with E-state index < -0.39 is 5.72 Å². The van der Waals surface area contributed by atoms with Crippen LogP contribution >= 0.6 is 11.8 Å². The molecule has 13 heavy (non-hydrogen) atoms. The Labute approximate surface area is 80.7 Å². The maximum Gasteiger partial charge on any atom is 0.195 e. The Morgan fingerprint density at radius 3 is 3.23 bits per heavy atom. The fraction of sp³-hybridized carbons (Fsp3) is 0.300. The Morgan fingerprint density at radius 2 is 2.31 bits per heavy atom. The average Bonchev–Trinajstić information content (AvgIpc) is 2.60. The van der Waals surface area contributed by atoms with Crippen LogP contribution in [0.4, 0.5) is 0 Å². The van der Waals surface area contributed by atoms with Gasteiger partial charge in [-0.1, -0.05) is 24.3 Å². The number of thioether (sulfide) groups is 1. The molecule has 3 rings (SSSR count). The zero-order chi connectivity index (χ0) is 8.89. The number of benzene rings is 1. The standard InChI is InChI=1S/C10H9NOS/c12-10-8-4-2-1-3-7(8)5-9(10)13-6-11-10/h1-4,6,9,12H,5H2. The Bertz CT molecular complexity index is 390. The number of hydrogen-bond donors (Lipinski definition) is 1. The number of fused-ring (bicyclic) bond motifs is 3. The van der Waals surface area contributed by atoms with Crippen LogP contribution in [0.15, 0.2) is 29.3 Å². The molecule has 1 N–H and O–H groups in total. The smallest absolute Gasteiger partial charge is 0.195 e. The summed E-state index contributed by atoms with van der Waals surface area (Å²) in [5.41, 5.74) is 3.06. The molecule has 0 aromatic heterocycles. The normalized spacial score (nSPS) is 34.7. The van der Waals surface area contributed by atoms with Gasteiger partial charge in [-0.25, -0.2) is 4.99 Å². The SMILES string of the molecule is OC12N=CSC1Cc1ccccc12. The molecule has 2 nitrogen and oxygen atoms in total. The molecule has 0 spiro atoms. The lowest BCUT2D eigenvalue weighted by atomic mass is 10.1. The van der Waals surface area contributed by atoms with E-state index >= 15 is 0 Å². The van der Waals surface area contributed by atoms with E-state index in [2.05, 4.69) is 11.1 Å². The first-order valence-electron chi connectivity index (χ1n) is 4.30. The van der Waals surface area contributed by atoms with E-state index in [9.17, 15) is 5.11 Å². The van der Waals surface area contributed by atoms with Crippen LogP contribution in [-0.4, -0.2) is 15.9 Å². The highest BCUT2D eigenvalue weighted by atomic mass is 32.2. The number of rotatable bonds is 0. The third-order valence-electron chi connectivity index (χ3n) is 2.74. The molecule has 0 saturated carbocycles. The molecule has 1 aromatic carbocycles. The first-order chi connectivity index (χ1) is 6.31. The molecule has 2 aliphatic rings. The van der Waals surface area contributed by atoms with Crippen LogP contribution in [0, 0.1) is 0 Å². The van der Waals surface area contributed by atoms with E-state index in [0.717, 1.165) is 12.0 Å². The summed E-state index contributed by atoms with van der Waals surface area (Å²) in [5.74, 6) is 0. The second-order valence-corrected chi connectivity index (χ2v) is 4.50. The molecule has 1 aliphatic heterocycles. The van der Waals surface area contributed by atoms with E-state index in [4.69, 9.17) is 0 Å². The quantitative estimate of drug-likeness (QED) is 0.674. The Hall–Kier alpha value is -0.800. The minimum Gasteiger partial charge on any atom is -0.365 e. The molecular weight excluding hydrogens is 182 g/mol. The van der Waals surface area contributed by atoms with Crippen LogP contribution in [0.25, 0.3) is 0 Å². The van der Waals surface area contributed by atoms with Gasteiger partial charge in [0.15, 0.2) is 5.72 Å². The highest BCUT2D eigenvalue weighted by Crippen LogP contribution is 2.46. The van der Waals surface area contributed by atoms with Crippen LogP contribution in [0.3, 0.4) is 0 Å². The van der Waals surface area contributed by atoms with E-state index in [1.54, 1.807) is 17.3 Å². The second kappa shape index (κ2) is 2.36. The van der Waals surface area contributed by atoms with Gasteiger partial charge < -0.3 is 5.11 Å². The second-order valence-electron chi connectivity index (χ2n) is 3.45. The third kappa shape index (κ3) is 0.860. The van der Waals surface area contributed by atoms with Gasteiger partial charge in [-0.2, -0.15) is 0 Å². The molecule has 1 aliphatic carbocycles. The zero-order valence-electron chi connectivity index (χ0n) is 6.97. The summed E-state index contributed by atoms with van der Waals surface area (Å²) < 4.78 is 0. The highest BCUT2D eigenvalue weighted by Gasteiger charge is 2.47. The van der Waals surface area contributed by atoms with Gasteiger partial charge in [0.1, 0.15) is 0 Å². The summed E-state index contributed by atoms with van der Waals surface area (Å²) in [7, 11) is 0. The molecule has 0 fully saturated rings. The maximum atomic E-state index is 10.3. The summed E-state index contributed by atoms with van der Waals surface area (Å²) in [5, 5.41) is 10.5.